The summed E-state index contributed by atoms with van der Waals surface area (Å²) in [6.07, 6.45) is 1.52. The van der Waals surface area contributed by atoms with Crippen molar-refractivity contribution in [3.05, 3.63) is 89.5 Å². The van der Waals surface area contributed by atoms with Crippen LogP contribution < -0.4 is 19.6 Å². The molecular weight excluding hydrogens is 368 g/mol. The summed E-state index contributed by atoms with van der Waals surface area (Å²) in [7, 11) is 3.15. The average Bonchev–Trinajstić information content (AvgIpc) is 2.78. The van der Waals surface area contributed by atoms with Crippen molar-refractivity contribution in [2.45, 2.75) is 6.61 Å². The summed E-state index contributed by atoms with van der Waals surface area (Å²) in [5, 5.41) is 4.00. The van der Waals surface area contributed by atoms with Gasteiger partial charge in [-0.15, -0.1) is 0 Å². The molecule has 0 atom stereocenters. The first-order chi connectivity index (χ1) is 14.2. The molecule has 0 aliphatic carbocycles. The predicted octanol–water partition coefficient (Wildman–Crippen LogP) is 4.05. The van der Waals surface area contributed by atoms with E-state index in [-0.39, 0.29) is 5.91 Å². The number of methoxy groups -OCH3 is 2. The Kier molecular flexibility index (Phi) is 6.84. The number of hydrazone groups is 1. The van der Waals surface area contributed by atoms with Gasteiger partial charge in [-0.1, -0.05) is 30.3 Å². The lowest BCUT2D eigenvalue weighted by atomic mass is 10.2. The molecule has 6 nitrogen and oxygen atoms in total. The van der Waals surface area contributed by atoms with Crippen LogP contribution in [-0.2, 0) is 6.61 Å². The largest absolute Gasteiger partial charge is 0.497 e. The number of nitrogens with zero attached hydrogens (tertiary/aromatic N) is 1. The molecule has 0 fully saturated rings. The van der Waals surface area contributed by atoms with Crippen molar-refractivity contribution in [3.63, 3.8) is 0 Å². The molecule has 1 N–H and O–H groups in total. The van der Waals surface area contributed by atoms with Crippen LogP contribution in [0.4, 0.5) is 0 Å². The van der Waals surface area contributed by atoms with E-state index < -0.39 is 0 Å². The Bertz CT molecular complexity index is 970. The fourth-order valence-corrected chi connectivity index (χ4v) is 2.59. The first-order valence-corrected chi connectivity index (χ1v) is 9.02. The number of hydrogen-bond donors (Lipinski definition) is 1. The van der Waals surface area contributed by atoms with Crippen molar-refractivity contribution in [2.75, 3.05) is 14.2 Å². The number of hydrogen-bond acceptors (Lipinski definition) is 5. The van der Waals surface area contributed by atoms with Crippen LogP contribution in [0.15, 0.2) is 77.9 Å². The Balaban J connectivity index is 1.56. The third-order valence-electron chi connectivity index (χ3n) is 4.18. The molecule has 1 amide bonds. The van der Waals surface area contributed by atoms with Crippen molar-refractivity contribution >= 4 is 12.1 Å². The van der Waals surface area contributed by atoms with Crippen molar-refractivity contribution in [3.8, 4) is 17.2 Å². The maximum absolute atomic E-state index is 12.3. The lowest BCUT2D eigenvalue weighted by molar-refractivity contribution is 0.0955. The Morgan fingerprint density at radius 2 is 1.66 bits per heavy atom. The van der Waals surface area contributed by atoms with E-state index in [1.165, 1.54) is 6.21 Å². The molecule has 29 heavy (non-hydrogen) atoms. The number of amides is 1. The lowest BCUT2D eigenvalue weighted by Crippen LogP contribution is -2.17. The molecule has 3 aromatic carbocycles. The van der Waals surface area contributed by atoms with Crippen molar-refractivity contribution in [1.82, 2.24) is 5.43 Å². The van der Waals surface area contributed by atoms with Crippen LogP contribution >= 0.6 is 0 Å². The van der Waals surface area contributed by atoms with Crippen molar-refractivity contribution < 1.29 is 19.0 Å². The summed E-state index contributed by atoms with van der Waals surface area (Å²) in [6.45, 7) is 0.473. The minimum atomic E-state index is -0.316. The SMILES string of the molecule is COc1ccc(C=NNC(=O)c2ccc(OCc3ccccc3)cc2)c(OC)c1. The summed E-state index contributed by atoms with van der Waals surface area (Å²) in [6, 6.07) is 22.1. The first kappa shape index (κ1) is 19.9. The quantitative estimate of drug-likeness (QED) is 0.465. The van der Waals surface area contributed by atoms with Gasteiger partial charge in [-0.2, -0.15) is 5.10 Å². The highest BCUT2D eigenvalue weighted by Crippen LogP contribution is 2.23. The van der Waals surface area contributed by atoms with Crippen molar-refractivity contribution in [2.24, 2.45) is 5.10 Å². The Morgan fingerprint density at radius 3 is 2.34 bits per heavy atom. The van der Waals surface area contributed by atoms with Crippen LogP contribution in [0.25, 0.3) is 0 Å². The molecule has 0 saturated carbocycles. The van der Waals surface area contributed by atoms with E-state index in [1.54, 1.807) is 56.7 Å². The van der Waals surface area contributed by atoms with Gasteiger partial charge in [0.1, 0.15) is 23.9 Å². The summed E-state index contributed by atoms with van der Waals surface area (Å²) in [5.74, 6) is 1.65. The average molecular weight is 390 g/mol. The second-order valence-corrected chi connectivity index (χ2v) is 6.11. The van der Waals surface area contributed by atoms with Gasteiger partial charge < -0.3 is 14.2 Å². The van der Waals surface area contributed by atoms with E-state index in [4.69, 9.17) is 14.2 Å². The van der Waals surface area contributed by atoms with E-state index in [0.717, 1.165) is 11.1 Å². The Labute approximate surface area is 169 Å². The van der Waals surface area contributed by atoms with Crippen LogP contribution in [0.2, 0.25) is 0 Å². The van der Waals surface area contributed by atoms with Gasteiger partial charge >= 0.3 is 0 Å². The van der Waals surface area contributed by atoms with E-state index in [9.17, 15) is 4.79 Å². The number of carbonyl (C=O) groups excluding carboxylic acids is 1. The summed E-state index contributed by atoms with van der Waals surface area (Å²) < 4.78 is 16.2. The molecule has 3 aromatic rings. The van der Waals surface area contributed by atoms with Gasteiger partial charge in [0, 0.05) is 17.2 Å². The highest BCUT2D eigenvalue weighted by Gasteiger charge is 2.06. The van der Waals surface area contributed by atoms with Crippen LogP contribution in [0.5, 0.6) is 17.2 Å². The molecule has 0 aliphatic heterocycles. The predicted molar refractivity (Wildman–Crippen MR) is 112 cm³/mol. The Hall–Kier alpha value is -3.80. The third kappa shape index (κ3) is 5.59. The minimum Gasteiger partial charge on any atom is -0.497 e. The molecule has 148 valence electrons. The molecule has 0 heterocycles. The fraction of sp³-hybridized carbons (Fsp3) is 0.130. The summed E-state index contributed by atoms with van der Waals surface area (Å²) >= 11 is 0. The van der Waals surface area contributed by atoms with Crippen LogP contribution in [-0.4, -0.2) is 26.3 Å². The molecule has 0 aliphatic rings. The topological polar surface area (TPSA) is 69.2 Å². The molecule has 0 radical (unpaired) electrons. The summed E-state index contributed by atoms with van der Waals surface area (Å²) in [4.78, 5) is 12.3. The van der Waals surface area contributed by atoms with Gasteiger partial charge in [0.15, 0.2) is 0 Å². The minimum absolute atomic E-state index is 0.316. The zero-order valence-electron chi connectivity index (χ0n) is 16.3. The maximum Gasteiger partial charge on any atom is 0.271 e. The number of rotatable bonds is 8. The molecule has 6 heteroatoms. The van der Waals surface area contributed by atoms with Gasteiger partial charge in [-0.05, 0) is 42.0 Å². The van der Waals surface area contributed by atoms with Crippen LogP contribution in [0.1, 0.15) is 21.5 Å². The number of benzene rings is 3. The van der Waals surface area contributed by atoms with Gasteiger partial charge in [-0.25, -0.2) is 5.43 Å². The molecule has 0 aromatic heterocycles. The van der Waals surface area contributed by atoms with Gasteiger partial charge in [0.25, 0.3) is 5.91 Å². The normalized spacial score (nSPS) is 10.6. The van der Waals surface area contributed by atoms with Crippen LogP contribution in [0.3, 0.4) is 0 Å². The molecule has 3 rings (SSSR count). The molecule has 0 bridgehead atoms. The zero-order chi connectivity index (χ0) is 20.5. The number of carbonyl (C=O) groups is 1. The monoisotopic (exact) mass is 390 g/mol. The van der Waals surface area contributed by atoms with Crippen LogP contribution in [0, 0.1) is 0 Å². The Morgan fingerprint density at radius 1 is 0.931 bits per heavy atom. The van der Waals surface area contributed by atoms with E-state index >= 15 is 0 Å². The highest BCUT2D eigenvalue weighted by atomic mass is 16.5. The number of nitrogens with one attached hydrogen (secondary N) is 1. The third-order valence-corrected chi connectivity index (χ3v) is 4.18. The molecule has 0 spiro atoms. The first-order valence-electron chi connectivity index (χ1n) is 9.02. The molecule has 0 unspecified atom stereocenters. The fourth-order valence-electron chi connectivity index (χ4n) is 2.59. The second kappa shape index (κ2) is 9.94. The van der Waals surface area contributed by atoms with Gasteiger partial charge in [-0.3, -0.25) is 4.79 Å². The molecular formula is C23H22N2O4. The number of ether oxygens (including phenoxy) is 3. The smallest absolute Gasteiger partial charge is 0.271 e. The second-order valence-electron chi connectivity index (χ2n) is 6.11. The highest BCUT2D eigenvalue weighted by molar-refractivity contribution is 5.95. The maximum atomic E-state index is 12.3. The zero-order valence-corrected chi connectivity index (χ0v) is 16.3. The van der Waals surface area contributed by atoms with E-state index in [2.05, 4.69) is 10.5 Å². The van der Waals surface area contributed by atoms with Gasteiger partial charge in [0.2, 0.25) is 0 Å². The lowest BCUT2D eigenvalue weighted by Gasteiger charge is -2.07. The molecule has 0 saturated heterocycles. The van der Waals surface area contributed by atoms with E-state index in [0.29, 0.717) is 29.4 Å². The summed E-state index contributed by atoms with van der Waals surface area (Å²) in [5.41, 5.74) is 4.79. The standard InChI is InChI=1S/C23H22N2O4/c1-27-21-13-10-19(22(14-21)28-2)15-24-25-23(26)18-8-11-20(12-9-18)29-16-17-6-4-3-5-7-17/h3-15H,16H2,1-2H3,(H,25,26). The van der Waals surface area contributed by atoms with E-state index in [1.807, 2.05) is 30.3 Å². The van der Waals surface area contributed by atoms with Crippen molar-refractivity contribution in [1.29, 1.82) is 0 Å². The van der Waals surface area contributed by atoms with Gasteiger partial charge in [0.05, 0.1) is 20.4 Å².